The number of furan rings is 1. The van der Waals surface area contributed by atoms with E-state index < -0.39 is 0 Å². The molecule has 3 aromatic heterocycles. The number of hydrogen-bond acceptors (Lipinski definition) is 7. The number of nitrogens with two attached hydrogens (primary N) is 1. The third-order valence-electron chi connectivity index (χ3n) is 5.56. The number of benzene rings is 1. The van der Waals surface area contributed by atoms with E-state index in [1.165, 1.54) is 12.0 Å². The molecule has 0 spiro atoms. The van der Waals surface area contributed by atoms with Crippen molar-refractivity contribution in [2.45, 2.75) is 12.8 Å². The van der Waals surface area contributed by atoms with Gasteiger partial charge in [-0.05, 0) is 37.1 Å². The van der Waals surface area contributed by atoms with Crippen LogP contribution in [0.15, 0.2) is 59.2 Å². The van der Waals surface area contributed by atoms with E-state index in [4.69, 9.17) is 10.2 Å². The van der Waals surface area contributed by atoms with Crippen LogP contribution in [0.2, 0.25) is 0 Å². The monoisotopic (exact) mass is 403 g/mol. The third kappa shape index (κ3) is 3.86. The van der Waals surface area contributed by atoms with E-state index in [0.717, 1.165) is 45.0 Å². The largest absolute Gasteiger partial charge is 0.461 e. The molecule has 1 fully saturated rings. The number of nitrogens with zero attached hydrogens (tertiary/aromatic N) is 6. The second kappa shape index (κ2) is 8.16. The van der Waals surface area contributed by atoms with Crippen LogP contribution in [0.3, 0.4) is 0 Å². The summed E-state index contributed by atoms with van der Waals surface area (Å²) >= 11 is 0. The van der Waals surface area contributed by atoms with Gasteiger partial charge in [-0.2, -0.15) is 9.50 Å². The standard InChI is InChI=1S/C22H25N7O/c23-22-25-19(16-20-24-21(26-29(20)22)18-9-5-15-30-18)28-13-11-27(12-14-28)10-4-8-17-6-2-1-3-7-17/h1-3,5-7,9,15-16H,4,8,10-14H2,(H2,23,25). The van der Waals surface area contributed by atoms with Crippen LogP contribution in [0.4, 0.5) is 11.8 Å². The van der Waals surface area contributed by atoms with Crippen LogP contribution in [0, 0.1) is 0 Å². The fourth-order valence-electron chi connectivity index (χ4n) is 3.92. The van der Waals surface area contributed by atoms with E-state index in [1.54, 1.807) is 10.8 Å². The number of hydrogen-bond donors (Lipinski definition) is 1. The maximum absolute atomic E-state index is 6.16. The third-order valence-corrected chi connectivity index (χ3v) is 5.56. The molecule has 8 heteroatoms. The highest BCUT2D eigenvalue weighted by Gasteiger charge is 2.20. The van der Waals surface area contributed by atoms with Gasteiger partial charge in [0, 0.05) is 32.2 Å². The summed E-state index contributed by atoms with van der Waals surface area (Å²) in [5, 5.41) is 4.41. The van der Waals surface area contributed by atoms with Crippen molar-refractivity contribution in [1.29, 1.82) is 0 Å². The van der Waals surface area contributed by atoms with Crippen molar-refractivity contribution in [3.63, 3.8) is 0 Å². The van der Waals surface area contributed by atoms with Gasteiger partial charge in [0.05, 0.1) is 6.26 Å². The molecule has 0 atom stereocenters. The Labute approximate surface area is 174 Å². The first-order valence-electron chi connectivity index (χ1n) is 10.3. The number of aryl methyl sites for hydroxylation is 1. The fourth-order valence-corrected chi connectivity index (χ4v) is 3.92. The van der Waals surface area contributed by atoms with Gasteiger partial charge in [0.2, 0.25) is 11.8 Å². The highest BCUT2D eigenvalue weighted by molar-refractivity contribution is 5.59. The van der Waals surface area contributed by atoms with Crippen molar-refractivity contribution >= 4 is 17.4 Å². The van der Waals surface area contributed by atoms with Crippen LogP contribution < -0.4 is 10.6 Å². The zero-order chi connectivity index (χ0) is 20.3. The topological polar surface area (TPSA) is 88.7 Å². The Morgan fingerprint density at radius 3 is 2.57 bits per heavy atom. The smallest absolute Gasteiger partial charge is 0.225 e. The molecule has 1 aromatic carbocycles. The molecule has 1 aliphatic rings. The Kier molecular flexibility index (Phi) is 5.06. The van der Waals surface area contributed by atoms with Crippen LogP contribution in [-0.2, 0) is 6.42 Å². The first-order chi connectivity index (χ1) is 14.8. The Balaban J connectivity index is 1.21. The molecule has 4 aromatic rings. The van der Waals surface area contributed by atoms with Crippen molar-refractivity contribution in [2.24, 2.45) is 0 Å². The van der Waals surface area contributed by atoms with Crippen molar-refractivity contribution in [1.82, 2.24) is 24.5 Å². The van der Waals surface area contributed by atoms with E-state index in [2.05, 4.69) is 55.2 Å². The molecule has 30 heavy (non-hydrogen) atoms. The minimum atomic E-state index is 0.332. The van der Waals surface area contributed by atoms with Crippen LogP contribution in [0.5, 0.6) is 0 Å². The zero-order valence-electron chi connectivity index (χ0n) is 16.8. The average molecular weight is 403 g/mol. The maximum Gasteiger partial charge on any atom is 0.225 e. The highest BCUT2D eigenvalue weighted by atomic mass is 16.3. The summed E-state index contributed by atoms with van der Waals surface area (Å²) in [4.78, 5) is 13.9. The Bertz CT molecular complexity index is 1100. The summed E-state index contributed by atoms with van der Waals surface area (Å²) in [6, 6.07) is 16.3. The lowest BCUT2D eigenvalue weighted by Gasteiger charge is -2.35. The number of nitrogen functional groups attached to an aromatic ring is 1. The van der Waals surface area contributed by atoms with Crippen LogP contribution >= 0.6 is 0 Å². The van der Waals surface area contributed by atoms with Crippen molar-refractivity contribution in [3.05, 3.63) is 60.4 Å². The molecule has 8 nitrogen and oxygen atoms in total. The van der Waals surface area contributed by atoms with E-state index in [0.29, 0.717) is 23.2 Å². The molecule has 0 saturated carbocycles. The van der Waals surface area contributed by atoms with Crippen LogP contribution in [-0.4, -0.2) is 57.2 Å². The Hall–Kier alpha value is -3.39. The van der Waals surface area contributed by atoms with Crippen molar-refractivity contribution < 1.29 is 4.42 Å². The summed E-state index contributed by atoms with van der Waals surface area (Å²) in [5.41, 5.74) is 8.24. The van der Waals surface area contributed by atoms with Gasteiger partial charge in [-0.25, -0.2) is 4.98 Å². The van der Waals surface area contributed by atoms with Gasteiger partial charge in [0.1, 0.15) is 5.82 Å². The first-order valence-corrected chi connectivity index (χ1v) is 10.3. The maximum atomic E-state index is 6.16. The molecule has 1 aliphatic heterocycles. The molecule has 0 bridgehead atoms. The summed E-state index contributed by atoms with van der Waals surface area (Å²) in [7, 11) is 0. The molecule has 1 saturated heterocycles. The number of rotatable bonds is 6. The van der Waals surface area contributed by atoms with Gasteiger partial charge >= 0.3 is 0 Å². The van der Waals surface area contributed by atoms with Gasteiger partial charge in [0.15, 0.2) is 11.4 Å². The predicted molar refractivity (Wildman–Crippen MR) is 116 cm³/mol. The van der Waals surface area contributed by atoms with Gasteiger partial charge in [-0.15, -0.1) is 5.10 Å². The SMILES string of the molecule is Nc1nc(N2CCN(CCCc3ccccc3)CC2)cc2nc(-c3ccco3)nn12. The summed E-state index contributed by atoms with van der Waals surface area (Å²) < 4.78 is 6.95. The lowest BCUT2D eigenvalue weighted by molar-refractivity contribution is 0.254. The second-order valence-electron chi connectivity index (χ2n) is 7.57. The lowest BCUT2D eigenvalue weighted by Crippen LogP contribution is -2.47. The van der Waals surface area contributed by atoms with Gasteiger partial charge in [-0.1, -0.05) is 30.3 Å². The molecular weight excluding hydrogens is 378 g/mol. The summed E-state index contributed by atoms with van der Waals surface area (Å²) in [5.74, 6) is 2.30. The minimum absolute atomic E-state index is 0.332. The zero-order valence-corrected chi connectivity index (χ0v) is 16.8. The van der Waals surface area contributed by atoms with E-state index in [9.17, 15) is 0 Å². The molecule has 0 radical (unpaired) electrons. The molecule has 2 N–H and O–H groups in total. The highest BCUT2D eigenvalue weighted by Crippen LogP contribution is 2.22. The molecule has 0 aliphatic carbocycles. The van der Waals surface area contributed by atoms with Crippen molar-refractivity contribution in [3.8, 4) is 11.6 Å². The van der Waals surface area contributed by atoms with E-state index >= 15 is 0 Å². The number of anilines is 2. The van der Waals surface area contributed by atoms with E-state index in [1.807, 2.05) is 18.2 Å². The first kappa shape index (κ1) is 18.6. The number of aromatic nitrogens is 4. The van der Waals surface area contributed by atoms with Crippen LogP contribution in [0.1, 0.15) is 12.0 Å². The molecular formula is C22H25N7O. The Morgan fingerprint density at radius 1 is 0.967 bits per heavy atom. The predicted octanol–water partition coefficient (Wildman–Crippen LogP) is 2.72. The lowest BCUT2D eigenvalue weighted by atomic mass is 10.1. The molecule has 0 unspecified atom stereocenters. The normalized spacial score (nSPS) is 15.1. The quantitative estimate of drug-likeness (QED) is 0.529. The molecule has 154 valence electrons. The summed E-state index contributed by atoms with van der Waals surface area (Å²) in [6.45, 7) is 5.01. The van der Waals surface area contributed by atoms with Crippen molar-refractivity contribution in [2.75, 3.05) is 43.4 Å². The number of piperazine rings is 1. The average Bonchev–Trinajstić information content (AvgIpc) is 3.45. The number of fused-ring (bicyclic) bond motifs is 1. The second-order valence-corrected chi connectivity index (χ2v) is 7.57. The Morgan fingerprint density at radius 2 is 1.80 bits per heavy atom. The molecule has 4 heterocycles. The van der Waals surface area contributed by atoms with Gasteiger partial charge in [0.25, 0.3) is 0 Å². The fraction of sp³-hybridized carbons (Fsp3) is 0.318. The summed E-state index contributed by atoms with van der Waals surface area (Å²) in [6.07, 6.45) is 3.91. The van der Waals surface area contributed by atoms with Gasteiger partial charge < -0.3 is 15.1 Å². The molecule has 0 amide bonds. The minimum Gasteiger partial charge on any atom is -0.461 e. The van der Waals surface area contributed by atoms with E-state index in [-0.39, 0.29) is 0 Å². The van der Waals surface area contributed by atoms with Crippen LogP contribution in [0.25, 0.3) is 17.2 Å². The molecule has 5 rings (SSSR count). The van der Waals surface area contributed by atoms with Gasteiger partial charge in [-0.3, -0.25) is 4.90 Å².